The lowest BCUT2D eigenvalue weighted by Gasteiger charge is -2.16. The number of para-hydroxylation sites is 1. The highest BCUT2D eigenvalue weighted by Gasteiger charge is 2.20. The Labute approximate surface area is 239 Å². The average molecular weight is 572 g/mol. The van der Waals surface area contributed by atoms with E-state index >= 15 is 0 Å². The van der Waals surface area contributed by atoms with Gasteiger partial charge in [0, 0.05) is 36.9 Å². The maximum atomic E-state index is 13.0. The average Bonchev–Trinajstić information content (AvgIpc) is 3.53. The molecule has 0 aliphatic rings. The second kappa shape index (κ2) is 13.7. The zero-order chi connectivity index (χ0) is 29.2. The first-order valence-electron chi connectivity index (χ1n) is 12.3. The topological polar surface area (TPSA) is 163 Å². The Morgan fingerprint density at radius 1 is 0.976 bits per heavy atom. The van der Waals surface area contributed by atoms with E-state index in [-0.39, 0.29) is 31.3 Å². The van der Waals surface area contributed by atoms with Gasteiger partial charge in [-0.05, 0) is 47.3 Å². The molecule has 2 heterocycles. The summed E-state index contributed by atoms with van der Waals surface area (Å²) in [5.74, 6) is -0.304. The number of methoxy groups -OCH3 is 1. The van der Waals surface area contributed by atoms with Crippen molar-refractivity contribution in [3.63, 3.8) is 0 Å². The molecule has 12 heteroatoms. The number of carboxylic acid groups (broad SMARTS) is 1. The van der Waals surface area contributed by atoms with Crippen LogP contribution < -0.4 is 20.7 Å². The number of rotatable bonds is 11. The van der Waals surface area contributed by atoms with Gasteiger partial charge in [0.25, 0.3) is 11.8 Å². The summed E-state index contributed by atoms with van der Waals surface area (Å²) >= 11 is 1.25. The van der Waals surface area contributed by atoms with Crippen LogP contribution in [0.1, 0.15) is 25.6 Å². The first-order chi connectivity index (χ1) is 19.9. The Kier molecular flexibility index (Phi) is 9.61. The molecule has 3 amide bonds. The number of nitrogens with one attached hydrogen (secondary N) is 3. The number of benzene rings is 2. The number of carbonyl (C=O) groups excluding carboxylic acids is 2. The van der Waals surface area contributed by atoms with E-state index in [9.17, 15) is 19.6 Å². The molecule has 0 unspecified atom stereocenters. The van der Waals surface area contributed by atoms with Crippen molar-refractivity contribution in [3.8, 4) is 34.2 Å². The van der Waals surface area contributed by atoms with Gasteiger partial charge in [0.1, 0.15) is 17.4 Å². The fourth-order valence-corrected chi connectivity index (χ4v) is 4.51. The van der Waals surface area contributed by atoms with E-state index in [1.165, 1.54) is 18.4 Å². The molecular weight excluding hydrogens is 546 g/mol. The second-order valence-corrected chi connectivity index (χ2v) is 9.39. The van der Waals surface area contributed by atoms with Gasteiger partial charge < -0.3 is 30.5 Å². The summed E-state index contributed by atoms with van der Waals surface area (Å²) in [5.41, 5.74) is 2.39. The lowest BCUT2D eigenvalue weighted by atomic mass is 9.96. The van der Waals surface area contributed by atoms with Gasteiger partial charge in [0.05, 0.1) is 10.6 Å². The fourth-order valence-electron chi connectivity index (χ4n) is 3.89. The third-order valence-corrected chi connectivity index (χ3v) is 6.59. The van der Waals surface area contributed by atoms with Crippen LogP contribution in [-0.2, 0) is 4.74 Å². The quantitative estimate of drug-likeness (QED) is 0.150. The van der Waals surface area contributed by atoms with Crippen LogP contribution in [0.25, 0.3) is 22.4 Å². The maximum absolute atomic E-state index is 13.0. The molecule has 4 aromatic rings. The van der Waals surface area contributed by atoms with Crippen LogP contribution in [0, 0.1) is 11.3 Å². The zero-order valence-corrected chi connectivity index (χ0v) is 22.7. The van der Waals surface area contributed by atoms with Gasteiger partial charge in [-0.1, -0.05) is 30.3 Å². The molecule has 0 spiro atoms. The number of hydrogen-bond donors (Lipinski definition) is 4. The Morgan fingerprint density at radius 3 is 2.51 bits per heavy atom. The van der Waals surface area contributed by atoms with Gasteiger partial charge in [-0.15, -0.1) is 11.3 Å². The maximum Gasteiger partial charge on any atom is 0.404 e. The molecule has 208 valence electrons. The number of anilines is 1. The van der Waals surface area contributed by atoms with Crippen LogP contribution in [0.15, 0.2) is 72.1 Å². The van der Waals surface area contributed by atoms with Gasteiger partial charge in [0.2, 0.25) is 0 Å². The van der Waals surface area contributed by atoms with Crippen molar-refractivity contribution in [3.05, 3.63) is 88.1 Å². The summed E-state index contributed by atoms with van der Waals surface area (Å²) in [4.78, 5) is 41.5. The van der Waals surface area contributed by atoms with Gasteiger partial charge in [-0.2, -0.15) is 5.26 Å². The lowest BCUT2D eigenvalue weighted by molar-refractivity contribution is 0.0515. The number of hydrogen-bond acceptors (Lipinski definition) is 8. The number of aromatic nitrogens is 1. The summed E-state index contributed by atoms with van der Waals surface area (Å²) in [6.45, 7) is 0.140. The van der Waals surface area contributed by atoms with E-state index in [0.29, 0.717) is 38.6 Å². The molecule has 41 heavy (non-hydrogen) atoms. The highest BCUT2D eigenvalue weighted by atomic mass is 32.1. The first kappa shape index (κ1) is 28.8. The van der Waals surface area contributed by atoms with E-state index in [1.807, 2.05) is 6.07 Å². The molecule has 4 rings (SSSR count). The molecule has 11 nitrogen and oxygen atoms in total. The number of pyridine rings is 1. The predicted octanol–water partition coefficient (Wildman–Crippen LogP) is 4.58. The third-order valence-electron chi connectivity index (χ3n) is 5.73. The monoisotopic (exact) mass is 571 g/mol. The van der Waals surface area contributed by atoms with Crippen LogP contribution in [0.4, 0.5) is 10.6 Å². The minimum atomic E-state index is -1.19. The van der Waals surface area contributed by atoms with Crippen LogP contribution in [0.2, 0.25) is 0 Å². The Bertz CT molecular complexity index is 1600. The number of carbonyl (C=O) groups is 3. The molecule has 0 fully saturated rings. The first-order valence-corrected chi connectivity index (χ1v) is 13.2. The molecule has 0 saturated carbocycles. The molecule has 0 aliphatic carbocycles. The van der Waals surface area contributed by atoms with Gasteiger partial charge >= 0.3 is 6.09 Å². The Balaban J connectivity index is 1.79. The van der Waals surface area contributed by atoms with Gasteiger partial charge in [0.15, 0.2) is 12.6 Å². The predicted molar refractivity (Wildman–Crippen MR) is 153 cm³/mol. The third kappa shape index (κ3) is 7.24. The van der Waals surface area contributed by atoms with E-state index < -0.39 is 17.9 Å². The number of ether oxygens (including phenoxy) is 2. The smallest absolute Gasteiger partial charge is 0.404 e. The van der Waals surface area contributed by atoms with E-state index in [0.717, 1.165) is 0 Å². The highest BCUT2D eigenvalue weighted by Crippen LogP contribution is 2.36. The molecule has 0 radical (unpaired) electrons. The minimum Gasteiger partial charge on any atom is -0.467 e. The summed E-state index contributed by atoms with van der Waals surface area (Å²) in [5, 5.41) is 28.3. The molecule has 0 aliphatic heterocycles. The molecule has 0 atom stereocenters. The van der Waals surface area contributed by atoms with Crippen molar-refractivity contribution in [2.75, 3.05) is 32.3 Å². The van der Waals surface area contributed by atoms with Crippen LogP contribution in [-0.4, -0.2) is 55.0 Å². The van der Waals surface area contributed by atoms with Crippen LogP contribution >= 0.6 is 11.3 Å². The van der Waals surface area contributed by atoms with Crippen molar-refractivity contribution in [2.45, 2.75) is 0 Å². The highest BCUT2D eigenvalue weighted by molar-refractivity contribution is 7.12. The number of nitriles is 1. The standard InChI is InChI=1S/C29H25N5O6S/c1-39-17-40-24-9-3-2-8-20(24)23-15-21(22(16-30)26(33-23)34-28(36)25-10-5-13-41-25)18-6-4-7-19(14-18)27(35)31-11-12-32-29(37)38/h2-10,13-15,32H,11-12,17H2,1H3,(H,31,35)(H,37,38)(H,33,34,36). The number of amides is 3. The molecule has 0 bridgehead atoms. The zero-order valence-electron chi connectivity index (χ0n) is 21.8. The second-order valence-electron chi connectivity index (χ2n) is 8.44. The summed E-state index contributed by atoms with van der Waals surface area (Å²) in [6.07, 6.45) is -1.19. The largest absolute Gasteiger partial charge is 0.467 e. The van der Waals surface area contributed by atoms with Gasteiger partial charge in [-0.25, -0.2) is 9.78 Å². The van der Waals surface area contributed by atoms with Crippen LogP contribution in [0.5, 0.6) is 5.75 Å². The SMILES string of the molecule is COCOc1ccccc1-c1cc(-c2cccc(C(=O)NCCNC(=O)O)c2)c(C#N)c(NC(=O)c2cccs2)n1. The summed E-state index contributed by atoms with van der Waals surface area (Å²) in [6, 6.07) is 21.0. The van der Waals surface area contributed by atoms with E-state index in [1.54, 1.807) is 66.0 Å². The van der Waals surface area contributed by atoms with E-state index in [2.05, 4.69) is 27.0 Å². The van der Waals surface area contributed by atoms with Crippen molar-refractivity contribution in [1.29, 1.82) is 5.26 Å². The molecule has 2 aromatic carbocycles. The van der Waals surface area contributed by atoms with Crippen molar-refractivity contribution in [2.24, 2.45) is 0 Å². The van der Waals surface area contributed by atoms with E-state index in [4.69, 9.17) is 14.6 Å². The normalized spacial score (nSPS) is 10.3. The van der Waals surface area contributed by atoms with Gasteiger partial charge in [-0.3, -0.25) is 9.59 Å². The minimum absolute atomic E-state index is 0.00125. The molecule has 2 aromatic heterocycles. The van der Waals surface area contributed by atoms with Crippen LogP contribution in [0.3, 0.4) is 0 Å². The number of thiophene rings is 1. The molecule has 0 saturated heterocycles. The summed E-state index contributed by atoms with van der Waals surface area (Å²) < 4.78 is 10.8. The van der Waals surface area contributed by atoms with Crippen molar-refractivity contribution >= 4 is 35.1 Å². The fraction of sp³-hybridized carbons (Fsp3) is 0.138. The lowest BCUT2D eigenvalue weighted by Crippen LogP contribution is -2.33. The Hall–Kier alpha value is -5.25. The Morgan fingerprint density at radius 2 is 1.78 bits per heavy atom. The number of nitrogens with zero attached hydrogens (tertiary/aromatic N) is 2. The van der Waals surface area contributed by atoms with Crippen molar-refractivity contribution in [1.82, 2.24) is 15.6 Å². The van der Waals surface area contributed by atoms with Crippen molar-refractivity contribution < 1.29 is 29.0 Å². The molecule has 4 N–H and O–H groups in total. The summed E-state index contributed by atoms with van der Waals surface area (Å²) in [7, 11) is 1.50. The molecular formula is C29H25N5O6S.